The van der Waals surface area contributed by atoms with Crippen molar-refractivity contribution < 1.29 is 18.4 Å². The predicted octanol–water partition coefficient (Wildman–Crippen LogP) is 2.47. The van der Waals surface area contributed by atoms with Gasteiger partial charge in [-0.3, -0.25) is 9.59 Å². The summed E-state index contributed by atoms with van der Waals surface area (Å²) in [6, 6.07) is 9.81. The van der Waals surface area contributed by atoms with Gasteiger partial charge in [-0.05, 0) is 43.2 Å². The standard InChI is InChI=1S/C22H25FN6O3/c1-15-10-11-19(32-15)22-25-27-29(26-22)14-21(31)28(12-16-6-2-5-9-18(16)23)13-20(30)24-17-7-3-4-8-17/h2,5-6,9-11,17H,3-4,7-8,12-14H2,1H3,(H,24,30). The Hall–Kier alpha value is -3.56. The van der Waals surface area contributed by atoms with Crippen molar-refractivity contribution in [2.45, 2.75) is 51.7 Å². The molecule has 1 aliphatic rings. The first-order chi connectivity index (χ1) is 15.5. The SMILES string of the molecule is Cc1ccc(-c2nnn(CC(=O)N(CC(=O)NC3CCCC3)Cc3ccccc3F)n2)o1. The monoisotopic (exact) mass is 440 g/mol. The van der Waals surface area contributed by atoms with Gasteiger partial charge >= 0.3 is 0 Å². The average Bonchev–Trinajstić information content (AvgIpc) is 3.52. The summed E-state index contributed by atoms with van der Waals surface area (Å²) in [6.07, 6.45) is 4.03. The van der Waals surface area contributed by atoms with Crippen molar-refractivity contribution in [1.29, 1.82) is 0 Å². The van der Waals surface area contributed by atoms with Crippen molar-refractivity contribution in [2.24, 2.45) is 0 Å². The summed E-state index contributed by atoms with van der Waals surface area (Å²) in [5.74, 6) is 0.285. The lowest BCUT2D eigenvalue weighted by Gasteiger charge is -2.23. The van der Waals surface area contributed by atoms with Crippen molar-refractivity contribution in [3.05, 3.63) is 53.5 Å². The summed E-state index contributed by atoms with van der Waals surface area (Å²) >= 11 is 0. The van der Waals surface area contributed by atoms with Gasteiger partial charge in [0.25, 0.3) is 0 Å². The Morgan fingerprint density at radius 2 is 2.00 bits per heavy atom. The number of hydrogen-bond acceptors (Lipinski definition) is 6. The highest BCUT2D eigenvalue weighted by molar-refractivity contribution is 5.84. The zero-order chi connectivity index (χ0) is 22.5. The quantitative estimate of drug-likeness (QED) is 0.577. The molecule has 4 rings (SSSR count). The molecule has 0 spiro atoms. The molecule has 2 amide bonds. The Morgan fingerprint density at radius 3 is 2.72 bits per heavy atom. The number of nitrogens with one attached hydrogen (secondary N) is 1. The number of nitrogens with zero attached hydrogens (tertiary/aromatic N) is 5. The topological polar surface area (TPSA) is 106 Å². The normalized spacial score (nSPS) is 13.9. The summed E-state index contributed by atoms with van der Waals surface area (Å²) in [7, 11) is 0. The van der Waals surface area contributed by atoms with Crippen molar-refractivity contribution in [2.75, 3.05) is 6.54 Å². The number of carbonyl (C=O) groups excluding carboxylic acids is 2. The molecule has 0 bridgehead atoms. The molecule has 3 aromatic rings. The first-order valence-corrected chi connectivity index (χ1v) is 10.6. The first-order valence-electron chi connectivity index (χ1n) is 10.6. The van der Waals surface area contributed by atoms with Crippen LogP contribution in [0.4, 0.5) is 4.39 Å². The number of rotatable bonds is 8. The number of benzene rings is 1. The highest BCUT2D eigenvalue weighted by atomic mass is 19.1. The van der Waals surface area contributed by atoms with E-state index in [-0.39, 0.29) is 37.4 Å². The van der Waals surface area contributed by atoms with Gasteiger partial charge in [0.1, 0.15) is 18.1 Å². The third-order valence-corrected chi connectivity index (χ3v) is 5.42. The summed E-state index contributed by atoms with van der Waals surface area (Å²) in [5, 5.41) is 15.0. The fourth-order valence-electron chi connectivity index (χ4n) is 3.77. The third-order valence-electron chi connectivity index (χ3n) is 5.42. The predicted molar refractivity (Wildman–Crippen MR) is 112 cm³/mol. The highest BCUT2D eigenvalue weighted by Gasteiger charge is 2.23. The Kier molecular flexibility index (Phi) is 6.58. The van der Waals surface area contributed by atoms with Crippen LogP contribution in [0.25, 0.3) is 11.6 Å². The van der Waals surface area contributed by atoms with Gasteiger partial charge in [0.2, 0.25) is 17.6 Å². The van der Waals surface area contributed by atoms with Crippen LogP contribution >= 0.6 is 0 Å². The van der Waals surface area contributed by atoms with E-state index in [1.54, 1.807) is 37.3 Å². The van der Waals surface area contributed by atoms with Gasteiger partial charge in [-0.2, -0.15) is 4.80 Å². The van der Waals surface area contributed by atoms with E-state index in [1.807, 2.05) is 0 Å². The average molecular weight is 440 g/mol. The molecule has 2 aromatic heterocycles. The van der Waals surface area contributed by atoms with Crippen molar-refractivity contribution in [3.63, 3.8) is 0 Å². The minimum Gasteiger partial charge on any atom is -0.458 e. The molecule has 168 valence electrons. The molecule has 0 aliphatic heterocycles. The van der Waals surface area contributed by atoms with Crippen LogP contribution < -0.4 is 5.32 Å². The molecular formula is C22H25FN6O3. The van der Waals surface area contributed by atoms with Crippen LogP contribution in [0, 0.1) is 12.7 Å². The minimum atomic E-state index is -0.434. The molecule has 2 heterocycles. The molecule has 1 aromatic carbocycles. The number of furan rings is 1. The summed E-state index contributed by atoms with van der Waals surface area (Å²) in [4.78, 5) is 28.0. The Morgan fingerprint density at radius 1 is 1.22 bits per heavy atom. The molecular weight excluding hydrogens is 415 g/mol. The van der Waals surface area contributed by atoms with Gasteiger partial charge in [0.15, 0.2) is 5.76 Å². The molecule has 10 heteroatoms. The second-order valence-corrected chi connectivity index (χ2v) is 7.94. The lowest BCUT2D eigenvalue weighted by molar-refractivity contribution is -0.137. The number of aromatic nitrogens is 4. The largest absolute Gasteiger partial charge is 0.458 e. The third kappa shape index (κ3) is 5.37. The van der Waals surface area contributed by atoms with Crippen LogP contribution in [-0.4, -0.2) is 49.5 Å². The second-order valence-electron chi connectivity index (χ2n) is 7.94. The molecule has 1 aliphatic carbocycles. The number of tetrazole rings is 1. The summed E-state index contributed by atoms with van der Waals surface area (Å²) in [6.45, 7) is 1.34. The van der Waals surface area contributed by atoms with Crippen molar-refractivity contribution in [1.82, 2.24) is 30.4 Å². The zero-order valence-electron chi connectivity index (χ0n) is 17.8. The Labute approximate surface area is 184 Å². The van der Waals surface area contributed by atoms with Gasteiger partial charge < -0.3 is 14.6 Å². The van der Waals surface area contributed by atoms with Crippen LogP contribution in [-0.2, 0) is 22.7 Å². The van der Waals surface area contributed by atoms with E-state index in [0.717, 1.165) is 30.5 Å². The second kappa shape index (κ2) is 9.71. The van der Waals surface area contributed by atoms with E-state index in [9.17, 15) is 14.0 Å². The highest BCUT2D eigenvalue weighted by Crippen LogP contribution is 2.18. The molecule has 32 heavy (non-hydrogen) atoms. The van der Waals surface area contributed by atoms with Gasteiger partial charge in [0.05, 0.1) is 6.54 Å². The lowest BCUT2D eigenvalue weighted by atomic mass is 10.2. The number of halogens is 1. The smallest absolute Gasteiger partial charge is 0.247 e. The van der Waals surface area contributed by atoms with Gasteiger partial charge in [0, 0.05) is 18.2 Å². The number of carbonyl (C=O) groups is 2. The fourth-order valence-corrected chi connectivity index (χ4v) is 3.77. The molecule has 0 unspecified atom stereocenters. The van der Waals surface area contributed by atoms with E-state index in [4.69, 9.17) is 4.42 Å². The minimum absolute atomic E-state index is 0.0392. The summed E-state index contributed by atoms with van der Waals surface area (Å²) < 4.78 is 19.7. The van der Waals surface area contributed by atoms with Crippen LogP contribution in [0.5, 0.6) is 0 Å². The maximum Gasteiger partial charge on any atom is 0.247 e. The molecule has 9 nitrogen and oxygen atoms in total. The lowest BCUT2D eigenvalue weighted by Crippen LogP contribution is -2.44. The maximum atomic E-state index is 14.2. The number of hydrogen-bond donors (Lipinski definition) is 1. The zero-order valence-corrected chi connectivity index (χ0v) is 17.8. The van der Waals surface area contributed by atoms with Crippen LogP contribution in [0.15, 0.2) is 40.8 Å². The van der Waals surface area contributed by atoms with Gasteiger partial charge in [-0.1, -0.05) is 31.0 Å². The molecule has 0 atom stereocenters. The van der Waals surface area contributed by atoms with Crippen LogP contribution in [0.2, 0.25) is 0 Å². The molecule has 1 saturated carbocycles. The van der Waals surface area contributed by atoms with E-state index in [0.29, 0.717) is 17.1 Å². The fraction of sp³-hybridized carbons (Fsp3) is 0.409. The van der Waals surface area contributed by atoms with Crippen LogP contribution in [0.3, 0.4) is 0 Å². The Balaban J connectivity index is 1.46. The van der Waals surface area contributed by atoms with Crippen molar-refractivity contribution in [3.8, 4) is 11.6 Å². The van der Waals surface area contributed by atoms with E-state index in [2.05, 4.69) is 20.7 Å². The summed E-state index contributed by atoms with van der Waals surface area (Å²) in [5.41, 5.74) is 0.327. The van der Waals surface area contributed by atoms with Crippen molar-refractivity contribution >= 4 is 11.8 Å². The molecule has 0 saturated heterocycles. The van der Waals surface area contributed by atoms with E-state index in [1.165, 1.54) is 11.0 Å². The van der Waals surface area contributed by atoms with Gasteiger partial charge in [-0.25, -0.2) is 4.39 Å². The Bertz CT molecular complexity index is 1090. The maximum absolute atomic E-state index is 14.2. The molecule has 1 N–H and O–H groups in total. The molecule has 0 radical (unpaired) electrons. The number of amides is 2. The van der Waals surface area contributed by atoms with Gasteiger partial charge in [-0.15, -0.1) is 10.2 Å². The van der Waals surface area contributed by atoms with Crippen LogP contribution in [0.1, 0.15) is 37.0 Å². The first kappa shape index (κ1) is 21.7. The van der Waals surface area contributed by atoms with E-state index >= 15 is 0 Å². The molecule has 1 fully saturated rings. The van der Waals surface area contributed by atoms with E-state index < -0.39 is 11.7 Å². The number of aryl methyl sites for hydroxylation is 1.